The minimum absolute atomic E-state index is 0.377. The number of fused-ring (bicyclic) bond motifs is 1. The van der Waals surface area contributed by atoms with Gasteiger partial charge in [0, 0.05) is 19.4 Å². The van der Waals surface area contributed by atoms with Crippen LogP contribution in [0.15, 0.2) is 24.4 Å². The molecule has 2 aromatic rings. The number of anilines is 1. The van der Waals surface area contributed by atoms with Gasteiger partial charge >= 0.3 is 0 Å². The van der Waals surface area contributed by atoms with Crippen molar-refractivity contribution in [1.82, 2.24) is 14.6 Å². The molecule has 0 saturated carbocycles. The van der Waals surface area contributed by atoms with Gasteiger partial charge in [-0.15, -0.1) is 5.10 Å². The first-order chi connectivity index (χ1) is 11.8. The summed E-state index contributed by atoms with van der Waals surface area (Å²) in [5, 5.41) is 7.96. The molecule has 3 heterocycles. The van der Waals surface area contributed by atoms with Crippen LogP contribution < -0.4 is 5.32 Å². The Kier molecular flexibility index (Phi) is 4.24. The fraction of sp³-hybridized carbons (Fsp3) is 0.556. The summed E-state index contributed by atoms with van der Waals surface area (Å²) in [5.41, 5.74) is 3.46. The van der Waals surface area contributed by atoms with Crippen LogP contribution in [0.3, 0.4) is 0 Å². The lowest BCUT2D eigenvalue weighted by Crippen LogP contribution is -2.31. The third-order valence-electron chi connectivity index (χ3n) is 4.79. The van der Waals surface area contributed by atoms with E-state index in [-0.39, 0.29) is 5.79 Å². The fourth-order valence-electron chi connectivity index (χ4n) is 3.40. The molecule has 0 amide bonds. The molecule has 2 aliphatic rings. The molecule has 6 nitrogen and oxygen atoms in total. The van der Waals surface area contributed by atoms with Gasteiger partial charge in [-0.1, -0.05) is 19.4 Å². The van der Waals surface area contributed by atoms with Crippen LogP contribution in [-0.4, -0.2) is 40.1 Å². The summed E-state index contributed by atoms with van der Waals surface area (Å²) >= 11 is 0. The molecule has 1 N–H and O–H groups in total. The second-order valence-corrected chi connectivity index (χ2v) is 6.46. The molecule has 1 aliphatic carbocycles. The van der Waals surface area contributed by atoms with Gasteiger partial charge in [-0.2, -0.15) is 0 Å². The van der Waals surface area contributed by atoms with E-state index in [0.717, 1.165) is 49.9 Å². The van der Waals surface area contributed by atoms with Crippen molar-refractivity contribution in [3.8, 4) is 0 Å². The third kappa shape index (κ3) is 2.91. The van der Waals surface area contributed by atoms with Crippen LogP contribution in [0.4, 0.5) is 5.95 Å². The van der Waals surface area contributed by atoms with E-state index >= 15 is 0 Å². The molecule has 1 fully saturated rings. The van der Waals surface area contributed by atoms with Gasteiger partial charge in [-0.25, -0.2) is 9.50 Å². The second kappa shape index (κ2) is 6.53. The number of hydrogen-bond donors (Lipinski definition) is 1. The quantitative estimate of drug-likeness (QED) is 0.854. The van der Waals surface area contributed by atoms with E-state index in [1.165, 1.54) is 5.57 Å². The minimum atomic E-state index is -0.377. The van der Waals surface area contributed by atoms with Gasteiger partial charge in [0.2, 0.25) is 5.95 Å². The highest BCUT2D eigenvalue weighted by Crippen LogP contribution is 2.38. The molecule has 0 aromatic carbocycles. The highest BCUT2D eigenvalue weighted by Gasteiger charge is 2.38. The van der Waals surface area contributed by atoms with Gasteiger partial charge in [0.15, 0.2) is 5.79 Å². The zero-order valence-electron chi connectivity index (χ0n) is 14.1. The smallest absolute Gasteiger partial charge is 0.241 e. The molecule has 0 unspecified atom stereocenters. The van der Waals surface area contributed by atoms with Crippen LogP contribution in [0.25, 0.3) is 11.1 Å². The van der Waals surface area contributed by atoms with Crippen molar-refractivity contribution in [2.45, 2.75) is 44.8 Å². The van der Waals surface area contributed by atoms with Crippen molar-refractivity contribution in [3.63, 3.8) is 0 Å². The van der Waals surface area contributed by atoms with Gasteiger partial charge in [0.05, 0.1) is 30.6 Å². The Hall–Kier alpha value is -1.92. The predicted molar refractivity (Wildman–Crippen MR) is 92.8 cm³/mol. The van der Waals surface area contributed by atoms with Gasteiger partial charge < -0.3 is 14.8 Å². The van der Waals surface area contributed by atoms with Gasteiger partial charge in [-0.05, 0) is 30.5 Å². The summed E-state index contributed by atoms with van der Waals surface area (Å²) in [4.78, 5) is 4.39. The van der Waals surface area contributed by atoms with Crippen molar-refractivity contribution in [2.24, 2.45) is 0 Å². The third-order valence-corrected chi connectivity index (χ3v) is 4.79. The van der Waals surface area contributed by atoms with Crippen LogP contribution in [0.5, 0.6) is 0 Å². The number of rotatable bonds is 5. The molecular formula is C18H24N4O2. The number of unbranched alkanes of at least 4 members (excludes halogenated alkanes) is 1. The SMILES string of the molecule is CCCCNc1ncc2ccc(C3=CCC4(CC3)OCCO4)n2n1. The van der Waals surface area contributed by atoms with Crippen LogP contribution >= 0.6 is 0 Å². The lowest BCUT2D eigenvalue weighted by atomic mass is 9.92. The topological polar surface area (TPSA) is 60.7 Å². The van der Waals surface area contributed by atoms with Crippen molar-refractivity contribution >= 4 is 17.0 Å². The molecule has 0 bridgehead atoms. The van der Waals surface area contributed by atoms with Crippen molar-refractivity contribution < 1.29 is 9.47 Å². The maximum atomic E-state index is 5.80. The van der Waals surface area contributed by atoms with Gasteiger partial charge in [0.25, 0.3) is 0 Å². The molecule has 24 heavy (non-hydrogen) atoms. The zero-order chi connectivity index (χ0) is 16.4. The predicted octanol–water partition coefficient (Wildman–Crippen LogP) is 3.25. The zero-order valence-corrected chi connectivity index (χ0v) is 14.1. The maximum absolute atomic E-state index is 5.80. The normalized spacial score (nSPS) is 19.8. The fourth-order valence-corrected chi connectivity index (χ4v) is 3.40. The minimum Gasteiger partial charge on any atom is -0.353 e. The monoisotopic (exact) mass is 328 g/mol. The maximum Gasteiger partial charge on any atom is 0.241 e. The number of hydrogen-bond acceptors (Lipinski definition) is 5. The molecule has 0 atom stereocenters. The van der Waals surface area contributed by atoms with E-state index in [0.29, 0.717) is 19.2 Å². The Bertz CT molecular complexity index is 747. The molecule has 1 aliphatic heterocycles. The molecule has 1 saturated heterocycles. The Balaban J connectivity index is 1.57. The van der Waals surface area contributed by atoms with E-state index < -0.39 is 0 Å². The lowest BCUT2D eigenvalue weighted by Gasteiger charge is -2.30. The summed E-state index contributed by atoms with van der Waals surface area (Å²) < 4.78 is 13.6. The second-order valence-electron chi connectivity index (χ2n) is 6.46. The first-order valence-electron chi connectivity index (χ1n) is 8.86. The first-order valence-corrected chi connectivity index (χ1v) is 8.86. The highest BCUT2D eigenvalue weighted by atomic mass is 16.7. The van der Waals surface area contributed by atoms with Crippen LogP contribution in [-0.2, 0) is 9.47 Å². The molecule has 1 spiro atoms. The lowest BCUT2D eigenvalue weighted by molar-refractivity contribution is -0.159. The Morgan fingerprint density at radius 2 is 2.17 bits per heavy atom. The van der Waals surface area contributed by atoms with Crippen molar-refractivity contribution in [2.75, 3.05) is 25.1 Å². The number of nitrogens with zero attached hydrogens (tertiary/aromatic N) is 3. The molecule has 6 heteroatoms. The van der Waals surface area contributed by atoms with E-state index in [2.05, 4.69) is 40.5 Å². The van der Waals surface area contributed by atoms with Crippen LogP contribution in [0.2, 0.25) is 0 Å². The molecule has 0 radical (unpaired) electrons. The first kappa shape index (κ1) is 15.6. The summed E-state index contributed by atoms with van der Waals surface area (Å²) in [5.74, 6) is 0.307. The summed E-state index contributed by atoms with van der Waals surface area (Å²) in [6.45, 7) is 4.49. The summed E-state index contributed by atoms with van der Waals surface area (Å²) in [7, 11) is 0. The Morgan fingerprint density at radius 3 is 2.92 bits per heavy atom. The van der Waals surface area contributed by atoms with Crippen molar-refractivity contribution in [3.05, 3.63) is 30.1 Å². The number of nitrogens with one attached hydrogen (secondary N) is 1. The van der Waals surface area contributed by atoms with Gasteiger partial charge in [0.1, 0.15) is 0 Å². The average molecular weight is 328 g/mol. The van der Waals surface area contributed by atoms with E-state index in [1.807, 2.05) is 10.7 Å². The van der Waals surface area contributed by atoms with Gasteiger partial charge in [-0.3, -0.25) is 0 Å². The number of allylic oxidation sites excluding steroid dienone is 1. The van der Waals surface area contributed by atoms with E-state index in [1.54, 1.807) is 0 Å². The van der Waals surface area contributed by atoms with E-state index in [4.69, 9.17) is 9.47 Å². The van der Waals surface area contributed by atoms with Crippen molar-refractivity contribution in [1.29, 1.82) is 0 Å². The van der Waals surface area contributed by atoms with E-state index in [9.17, 15) is 0 Å². The Labute approximate surface area is 141 Å². The largest absolute Gasteiger partial charge is 0.353 e. The standard InChI is InChI=1S/C18H24N4O2/c1-2-3-10-19-17-20-13-15-4-5-16(22(15)21-17)14-6-8-18(9-7-14)23-11-12-24-18/h4-6,13H,2-3,7-12H2,1H3,(H,19,21). The average Bonchev–Trinajstić information content (AvgIpc) is 3.23. The summed E-state index contributed by atoms with van der Waals surface area (Å²) in [6, 6.07) is 4.19. The highest BCUT2D eigenvalue weighted by molar-refractivity contribution is 5.68. The molecule has 2 aromatic heterocycles. The van der Waals surface area contributed by atoms with Crippen LogP contribution in [0, 0.1) is 0 Å². The summed E-state index contributed by atoms with van der Waals surface area (Å²) in [6.07, 6.45) is 9.04. The molecule has 128 valence electrons. The number of ether oxygens (including phenoxy) is 2. The Morgan fingerprint density at radius 1 is 1.29 bits per heavy atom. The molecular weight excluding hydrogens is 304 g/mol. The van der Waals surface area contributed by atoms with Crippen LogP contribution in [0.1, 0.15) is 44.7 Å². The number of aromatic nitrogens is 3. The molecule has 4 rings (SSSR count).